The summed E-state index contributed by atoms with van der Waals surface area (Å²) in [6.07, 6.45) is 0. The second-order valence-corrected chi connectivity index (χ2v) is 5.96. The number of aryl methyl sites for hydroxylation is 1. The Balaban J connectivity index is 1.98. The van der Waals surface area contributed by atoms with Crippen LogP contribution in [0.4, 0.5) is 0 Å². The number of halogens is 2. The summed E-state index contributed by atoms with van der Waals surface area (Å²) in [5, 5.41) is 14.3. The number of hydrogen-bond acceptors (Lipinski definition) is 4. The molecule has 0 saturated carbocycles. The van der Waals surface area contributed by atoms with E-state index in [2.05, 4.69) is 10.5 Å². The maximum Gasteiger partial charge on any atom is 0.277 e. The SMILES string of the molecule is C/C(=N\NC(=O)COc1cccc(C)c1)c1cc(Cl)cc(Cl)c1O. The van der Waals surface area contributed by atoms with E-state index in [9.17, 15) is 9.90 Å². The van der Waals surface area contributed by atoms with Gasteiger partial charge in [0.15, 0.2) is 6.61 Å². The van der Waals surface area contributed by atoms with Crippen LogP contribution in [0.1, 0.15) is 18.1 Å². The molecule has 0 aliphatic rings. The molecule has 0 aliphatic carbocycles. The van der Waals surface area contributed by atoms with Crippen molar-refractivity contribution >= 4 is 34.8 Å². The Morgan fingerprint density at radius 2 is 2.04 bits per heavy atom. The number of phenolic OH excluding ortho intramolecular Hbond substituents is 1. The van der Waals surface area contributed by atoms with Crippen LogP contribution >= 0.6 is 23.2 Å². The lowest BCUT2D eigenvalue weighted by Crippen LogP contribution is -2.25. The van der Waals surface area contributed by atoms with Crippen molar-refractivity contribution in [2.75, 3.05) is 6.61 Å². The van der Waals surface area contributed by atoms with E-state index in [0.29, 0.717) is 22.0 Å². The number of rotatable bonds is 5. The fourth-order valence-electron chi connectivity index (χ4n) is 1.93. The molecule has 0 bridgehead atoms. The molecular formula is C17H16Cl2N2O3. The molecule has 0 aromatic heterocycles. The van der Waals surface area contributed by atoms with Crippen molar-refractivity contribution in [3.63, 3.8) is 0 Å². The fourth-order valence-corrected chi connectivity index (χ4v) is 2.43. The molecule has 5 nitrogen and oxygen atoms in total. The molecule has 24 heavy (non-hydrogen) atoms. The Hall–Kier alpha value is -2.24. The monoisotopic (exact) mass is 366 g/mol. The zero-order valence-electron chi connectivity index (χ0n) is 13.1. The van der Waals surface area contributed by atoms with Gasteiger partial charge in [-0.15, -0.1) is 0 Å². The first-order valence-corrected chi connectivity index (χ1v) is 7.83. The lowest BCUT2D eigenvalue weighted by atomic mass is 10.1. The molecule has 0 spiro atoms. The quantitative estimate of drug-likeness (QED) is 0.622. The molecule has 0 aliphatic heterocycles. The van der Waals surface area contributed by atoms with Crippen LogP contribution in [-0.4, -0.2) is 23.3 Å². The molecule has 2 rings (SSSR count). The van der Waals surface area contributed by atoms with Gasteiger partial charge in [-0.1, -0.05) is 35.3 Å². The molecule has 7 heteroatoms. The third kappa shape index (κ3) is 4.88. The average Bonchev–Trinajstić information content (AvgIpc) is 2.54. The molecule has 0 unspecified atom stereocenters. The van der Waals surface area contributed by atoms with E-state index in [1.807, 2.05) is 25.1 Å². The van der Waals surface area contributed by atoms with Gasteiger partial charge in [-0.3, -0.25) is 4.79 Å². The summed E-state index contributed by atoms with van der Waals surface area (Å²) in [6.45, 7) is 3.37. The Morgan fingerprint density at radius 1 is 1.29 bits per heavy atom. The molecular weight excluding hydrogens is 351 g/mol. The van der Waals surface area contributed by atoms with Crippen LogP contribution in [0.3, 0.4) is 0 Å². The van der Waals surface area contributed by atoms with Crippen molar-refractivity contribution in [1.29, 1.82) is 0 Å². The third-order valence-corrected chi connectivity index (χ3v) is 3.63. The molecule has 126 valence electrons. The first-order valence-electron chi connectivity index (χ1n) is 7.08. The number of nitrogens with one attached hydrogen (secondary N) is 1. The Bertz CT molecular complexity index is 791. The number of hydrazone groups is 1. The first-order chi connectivity index (χ1) is 11.4. The minimum atomic E-state index is -0.427. The number of phenols is 1. The van der Waals surface area contributed by atoms with Crippen LogP contribution in [0, 0.1) is 6.92 Å². The summed E-state index contributed by atoms with van der Waals surface area (Å²) < 4.78 is 5.38. The van der Waals surface area contributed by atoms with E-state index in [1.54, 1.807) is 13.0 Å². The smallest absolute Gasteiger partial charge is 0.277 e. The Labute approximate surface area is 149 Å². The van der Waals surface area contributed by atoms with Gasteiger partial charge < -0.3 is 9.84 Å². The topological polar surface area (TPSA) is 70.9 Å². The lowest BCUT2D eigenvalue weighted by Gasteiger charge is -2.08. The third-order valence-electron chi connectivity index (χ3n) is 3.13. The molecule has 0 fully saturated rings. The molecule has 2 N–H and O–H groups in total. The molecule has 0 heterocycles. The van der Waals surface area contributed by atoms with Crippen LogP contribution in [0.2, 0.25) is 10.0 Å². The number of aromatic hydroxyl groups is 1. The zero-order chi connectivity index (χ0) is 17.7. The second kappa shape index (κ2) is 8.04. The predicted molar refractivity (Wildman–Crippen MR) is 95.2 cm³/mol. The van der Waals surface area contributed by atoms with E-state index < -0.39 is 5.91 Å². The van der Waals surface area contributed by atoms with Crippen molar-refractivity contribution in [3.05, 3.63) is 57.6 Å². The van der Waals surface area contributed by atoms with Gasteiger partial charge in [0.25, 0.3) is 5.91 Å². The number of hydrogen-bond donors (Lipinski definition) is 2. The van der Waals surface area contributed by atoms with Gasteiger partial charge in [-0.05, 0) is 43.7 Å². The summed E-state index contributed by atoms with van der Waals surface area (Å²) in [7, 11) is 0. The zero-order valence-corrected chi connectivity index (χ0v) is 14.6. The van der Waals surface area contributed by atoms with Crippen LogP contribution in [-0.2, 0) is 4.79 Å². The normalized spacial score (nSPS) is 11.2. The maximum atomic E-state index is 11.8. The average molecular weight is 367 g/mol. The fraction of sp³-hybridized carbons (Fsp3) is 0.176. The number of carbonyl (C=O) groups is 1. The Morgan fingerprint density at radius 3 is 2.75 bits per heavy atom. The van der Waals surface area contributed by atoms with Gasteiger partial charge in [0.2, 0.25) is 0 Å². The lowest BCUT2D eigenvalue weighted by molar-refractivity contribution is -0.123. The van der Waals surface area contributed by atoms with Crippen LogP contribution in [0.5, 0.6) is 11.5 Å². The van der Waals surface area contributed by atoms with Crippen LogP contribution < -0.4 is 10.2 Å². The van der Waals surface area contributed by atoms with E-state index in [-0.39, 0.29) is 17.4 Å². The summed E-state index contributed by atoms with van der Waals surface area (Å²) >= 11 is 11.8. The highest BCUT2D eigenvalue weighted by atomic mass is 35.5. The molecule has 0 radical (unpaired) electrons. The predicted octanol–water partition coefficient (Wildman–Crippen LogP) is 3.93. The van der Waals surface area contributed by atoms with Crippen molar-refractivity contribution in [2.45, 2.75) is 13.8 Å². The largest absolute Gasteiger partial charge is 0.506 e. The number of carbonyl (C=O) groups excluding carboxylic acids is 1. The van der Waals surface area contributed by atoms with Gasteiger partial charge in [0.1, 0.15) is 11.5 Å². The van der Waals surface area contributed by atoms with Crippen LogP contribution in [0.25, 0.3) is 0 Å². The summed E-state index contributed by atoms with van der Waals surface area (Å²) in [5.41, 5.74) is 4.10. The minimum Gasteiger partial charge on any atom is -0.506 e. The highest BCUT2D eigenvalue weighted by molar-refractivity contribution is 6.36. The van der Waals surface area contributed by atoms with Crippen molar-refractivity contribution in [2.24, 2.45) is 5.10 Å². The van der Waals surface area contributed by atoms with Gasteiger partial charge >= 0.3 is 0 Å². The van der Waals surface area contributed by atoms with Gasteiger partial charge in [-0.25, -0.2) is 5.43 Å². The summed E-state index contributed by atoms with van der Waals surface area (Å²) in [4.78, 5) is 11.8. The molecule has 0 saturated heterocycles. The first kappa shape index (κ1) is 18.1. The molecule has 2 aromatic rings. The van der Waals surface area contributed by atoms with Crippen molar-refractivity contribution < 1.29 is 14.6 Å². The van der Waals surface area contributed by atoms with Gasteiger partial charge in [0.05, 0.1) is 10.7 Å². The molecule has 0 atom stereocenters. The molecule has 1 amide bonds. The standard InChI is InChI=1S/C17H16Cl2N2O3/c1-10-4-3-5-13(6-10)24-9-16(22)21-20-11(2)14-7-12(18)8-15(19)17(14)23/h3-8,23H,9H2,1-2H3,(H,21,22)/b20-11+. The number of benzene rings is 2. The van der Waals surface area contributed by atoms with Gasteiger partial charge in [-0.2, -0.15) is 5.10 Å². The van der Waals surface area contributed by atoms with Gasteiger partial charge in [0, 0.05) is 10.6 Å². The molecule has 2 aromatic carbocycles. The van der Waals surface area contributed by atoms with E-state index in [4.69, 9.17) is 27.9 Å². The maximum absolute atomic E-state index is 11.8. The summed E-state index contributed by atoms with van der Waals surface area (Å²) in [6, 6.07) is 10.3. The highest BCUT2D eigenvalue weighted by Crippen LogP contribution is 2.31. The van der Waals surface area contributed by atoms with E-state index >= 15 is 0 Å². The Kier molecular flexibility index (Phi) is 6.06. The summed E-state index contributed by atoms with van der Waals surface area (Å²) in [5.74, 6) is 0.0289. The number of nitrogens with zero attached hydrogens (tertiary/aromatic N) is 1. The van der Waals surface area contributed by atoms with Crippen molar-refractivity contribution in [1.82, 2.24) is 5.43 Å². The highest BCUT2D eigenvalue weighted by Gasteiger charge is 2.11. The number of amides is 1. The number of ether oxygens (including phenoxy) is 1. The van der Waals surface area contributed by atoms with Crippen molar-refractivity contribution in [3.8, 4) is 11.5 Å². The minimum absolute atomic E-state index is 0.112. The van der Waals surface area contributed by atoms with Crippen LogP contribution in [0.15, 0.2) is 41.5 Å². The van der Waals surface area contributed by atoms with E-state index in [0.717, 1.165) is 5.56 Å². The second-order valence-electron chi connectivity index (χ2n) is 5.12. The van der Waals surface area contributed by atoms with E-state index in [1.165, 1.54) is 12.1 Å².